The van der Waals surface area contributed by atoms with Crippen molar-refractivity contribution in [2.24, 2.45) is 58.2 Å². The minimum absolute atomic E-state index is 0.146. The second-order valence-corrected chi connectivity index (χ2v) is 26.4. The van der Waals surface area contributed by atoms with Crippen molar-refractivity contribution in [1.82, 2.24) is 0 Å². The molecule has 23 heteroatoms. The highest BCUT2D eigenvalue weighted by atomic mass is 31.2. The Kier molecular flexibility index (Phi) is 19.4. The molecule has 15 atom stereocenters. The molecule has 0 amide bonds. The molecule has 1 N–H and O–H groups in total. The zero-order chi connectivity index (χ0) is 50.1. The maximum atomic E-state index is 13.1. The van der Waals surface area contributed by atoms with Crippen molar-refractivity contribution < 1.29 is 89.6 Å². The Balaban J connectivity index is 0.000000834. The molecule has 6 rings (SSSR count). The summed E-state index contributed by atoms with van der Waals surface area (Å²) in [7, 11) is -19.8. The SMILES string of the molecule is CC(C)CCC[C@H](C)C1CCC2C3CC=C4CC(OC(=O)OP(=O)([O-])OC5C(OP(=O)([O-])[O-])C(C)C(C)C(OP(=O)([O-])[O-])C5OP(=O)([O-])[O-])CCC4(C)C3CCC21C.C[NH+](C)C1CCCCC1. The van der Waals surface area contributed by atoms with Gasteiger partial charge in [-0.25, -0.2) is 4.79 Å². The van der Waals surface area contributed by atoms with Crippen molar-refractivity contribution in [3.05, 3.63) is 11.6 Å². The van der Waals surface area contributed by atoms with Gasteiger partial charge in [-0.2, -0.15) is 0 Å². The monoisotopic (exact) mass is 1030 g/mol. The maximum absolute atomic E-state index is 13.1. The zero-order valence-electron chi connectivity index (χ0n) is 40.6. The summed E-state index contributed by atoms with van der Waals surface area (Å²) in [6, 6.07) is 0.971. The van der Waals surface area contributed by atoms with Crippen LogP contribution in [0.2, 0.25) is 0 Å². The summed E-state index contributed by atoms with van der Waals surface area (Å²) in [5.74, 6) is 0.785. The van der Waals surface area contributed by atoms with Crippen LogP contribution in [0.4, 0.5) is 4.79 Å². The number of allylic oxidation sites excluding steroid dienone is 1. The van der Waals surface area contributed by atoms with Gasteiger partial charge in [-0.05, 0) is 129 Å². The average Bonchev–Trinajstić information content (AvgIpc) is 3.56. The zero-order valence-corrected chi connectivity index (χ0v) is 44.2. The standard InChI is InChI=1S/C36H64O18P4.C8H17N/c1-20(2)9-8-10-21(3)27-13-14-28-26-12-11-24-19-25(15-17-35(24,6)29(26)16-18-36(27,28)7)49-34(37)54-58(47,48)53-33-31(51-56(41,42)43)23(5)22(4)30(50-55(38,39)40)32(33)52-57(44,45)46;1-9(2)8-6-4-3-5-7-8/h11,20-23,25-33H,8-10,12-19H2,1-7H3,(H,47,48)(H2,38,39,40)(H2,41,42,43)(H2,44,45,46);8H,3-7H2,1-2H3/p-6/t21-,22?,23?,25?,26?,27?,28?,29?,30?,31?,32?,33?,35?,36?;/m0./s1. The van der Waals surface area contributed by atoms with Crippen molar-refractivity contribution >= 4 is 37.4 Å². The van der Waals surface area contributed by atoms with E-state index in [1.807, 2.05) is 0 Å². The first-order chi connectivity index (χ1) is 30.8. The lowest BCUT2D eigenvalue weighted by atomic mass is 9.47. The average molecular weight is 1030 g/mol. The molecule has 0 radical (unpaired) electrons. The van der Waals surface area contributed by atoms with Gasteiger partial charge in [0.15, 0.2) is 0 Å². The number of hydrogen-bond acceptors (Lipinski definition) is 18. The number of ether oxygens (including phenoxy) is 1. The predicted molar refractivity (Wildman–Crippen MR) is 232 cm³/mol. The van der Waals surface area contributed by atoms with E-state index in [2.05, 4.69) is 72.9 Å². The highest BCUT2D eigenvalue weighted by Crippen LogP contribution is 2.67. The number of carbonyl (C=O) groups is 1. The van der Waals surface area contributed by atoms with Crippen molar-refractivity contribution in [2.45, 2.75) is 188 Å². The summed E-state index contributed by atoms with van der Waals surface area (Å²) in [6.45, 7) is 13.9. The fourth-order valence-corrected chi connectivity index (χ4v) is 16.0. The van der Waals surface area contributed by atoms with Crippen LogP contribution >= 0.6 is 31.3 Å². The number of phosphoric acid groups is 4. The molecule has 0 heterocycles. The van der Waals surface area contributed by atoms with Crippen LogP contribution < -0.4 is 39.2 Å². The fraction of sp³-hybridized carbons (Fsp3) is 0.932. The van der Waals surface area contributed by atoms with Crippen LogP contribution in [0.5, 0.6) is 0 Å². The first kappa shape index (κ1) is 57.4. The van der Waals surface area contributed by atoms with Crippen molar-refractivity contribution in [3.63, 3.8) is 0 Å². The van der Waals surface area contributed by atoms with E-state index in [1.54, 1.807) is 4.90 Å². The van der Waals surface area contributed by atoms with Gasteiger partial charge in [-0.15, -0.1) is 0 Å². The molecule has 0 aliphatic heterocycles. The second-order valence-electron chi connectivity index (χ2n) is 21.8. The number of carbonyl (C=O) groups excluding carboxylic acids is 1. The van der Waals surface area contributed by atoms with Crippen LogP contribution in [0.3, 0.4) is 0 Å². The largest absolute Gasteiger partial charge is 0.790 e. The summed E-state index contributed by atoms with van der Waals surface area (Å²) in [6.07, 6.45) is 7.79. The topological polar surface area (TPSA) is 307 Å². The van der Waals surface area contributed by atoms with Crippen LogP contribution in [0, 0.1) is 58.2 Å². The number of nitrogens with one attached hydrogen (secondary N) is 1. The van der Waals surface area contributed by atoms with Gasteiger partial charge in [0.25, 0.3) is 0 Å². The van der Waals surface area contributed by atoms with Gasteiger partial charge in [0.1, 0.15) is 18.3 Å². The van der Waals surface area contributed by atoms with Crippen molar-refractivity contribution in [1.29, 1.82) is 0 Å². The summed E-state index contributed by atoms with van der Waals surface area (Å²) in [4.78, 5) is 97.6. The lowest BCUT2D eigenvalue weighted by Crippen LogP contribution is -3.10. The third kappa shape index (κ3) is 15.0. The molecule has 390 valence electrons. The molecule has 0 aromatic rings. The van der Waals surface area contributed by atoms with E-state index in [1.165, 1.54) is 64.2 Å². The van der Waals surface area contributed by atoms with Gasteiger partial charge in [0.05, 0.1) is 55.8 Å². The normalized spacial score (nSPS) is 37.5. The molecule has 6 aliphatic carbocycles. The van der Waals surface area contributed by atoms with E-state index in [-0.39, 0.29) is 5.41 Å². The Morgan fingerprint density at radius 2 is 1.27 bits per heavy atom. The van der Waals surface area contributed by atoms with Gasteiger partial charge in [0, 0.05) is 6.42 Å². The van der Waals surface area contributed by atoms with E-state index in [9.17, 15) is 57.3 Å². The highest BCUT2D eigenvalue weighted by molar-refractivity contribution is 7.46. The molecule has 0 bridgehead atoms. The Hall–Kier alpha value is -0.550. The van der Waals surface area contributed by atoms with E-state index in [0.717, 1.165) is 44.7 Å². The highest BCUT2D eigenvalue weighted by Gasteiger charge is 2.59. The van der Waals surface area contributed by atoms with Crippen molar-refractivity contribution in [3.8, 4) is 0 Å². The summed E-state index contributed by atoms with van der Waals surface area (Å²) < 4.78 is 75.9. The molecule has 0 aromatic heterocycles. The van der Waals surface area contributed by atoms with Crippen LogP contribution in [0.15, 0.2) is 11.6 Å². The Morgan fingerprint density at radius 1 is 0.716 bits per heavy atom. The Morgan fingerprint density at radius 3 is 1.79 bits per heavy atom. The molecule has 19 nitrogen and oxygen atoms in total. The summed E-state index contributed by atoms with van der Waals surface area (Å²) >= 11 is 0. The third-order valence-corrected chi connectivity index (χ3v) is 19.4. The van der Waals surface area contributed by atoms with E-state index < -0.39 is 79.8 Å². The van der Waals surface area contributed by atoms with Crippen LogP contribution in [0.1, 0.15) is 151 Å². The van der Waals surface area contributed by atoms with Gasteiger partial charge in [-0.3, -0.25) is 4.57 Å². The maximum Gasteiger partial charge on any atom is 0.514 e. The van der Waals surface area contributed by atoms with E-state index in [4.69, 9.17) is 9.26 Å². The molecule has 0 spiro atoms. The molecule has 5 saturated carbocycles. The fourth-order valence-electron chi connectivity index (χ4n) is 13.4. The molecule has 67 heavy (non-hydrogen) atoms. The van der Waals surface area contributed by atoms with E-state index >= 15 is 0 Å². The predicted octanol–water partition coefficient (Wildman–Crippen LogP) is 3.79. The molecule has 6 aliphatic rings. The molecular weight excluding hydrogens is 954 g/mol. The number of fused-ring (bicyclic) bond motifs is 5. The quantitative estimate of drug-likeness (QED) is 0.131. The lowest BCUT2D eigenvalue weighted by Gasteiger charge is -2.58. The van der Waals surface area contributed by atoms with Crippen molar-refractivity contribution in [2.75, 3.05) is 14.1 Å². The summed E-state index contributed by atoms with van der Waals surface area (Å²) in [5, 5.41) is 0. The van der Waals surface area contributed by atoms with Gasteiger partial charge in [0.2, 0.25) is 0 Å². The van der Waals surface area contributed by atoms with Gasteiger partial charge >= 0.3 is 14.0 Å². The van der Waals surface area contributed by atoms with Crippen LogP contribution in [-0.2, 0) is 45.6 Å². The Labute approximate surface area is 397 Å². The Bertz CT molecular complexity index is 1900. The smallest absolute Gasteiger partial charge is 0.514 e. The molecular formula is C44H75NO18P4-6. The first-order valence-corrected chi connectivity index (χ1v) is 30.2. The molecule has 0 aromatic carbocycles. The van der Waals surface area contributed by atoms with Crippen LogP contribution in [0.25, 0.3) is 0 Å². The molecule has 5 fully saturated rings. The van der Waals surface area contributed by atoms with Gasteiger partial charge in [-0.1, -0.05) is 85.8 Å². The molecule has 14 unspecified atom stereocenters. The summed E-state index contributed by atoms with van der Waals surface area (Å²) in [5.41, 5.74) is 1.26. The second kappa shape index (κ2) is 22.7. The molecule has 0 saturated heterocycles. The number of quaternary nitrogens is 1. The lowest BCUT2D eigenvalue weighted by molar-refractivity contribution is -0.887. The minimum Gasteiger partial charge on any atom is -0.790 e. The van der Waals surface area contributed by atoms with E-state index in [0.29, 0.717) is 60.2 Å². The first-order valence-electron chi connectivity index (χ1n) is 24.3. The van der Waals surface area contributed by atoms with Gasteiger partial charge < -0.3 is 80.2 Å². The third-order valence-electron chi connectivity index (χ3n) is 17.0. The van der Waals surface area contributed by atoms with Crippen LogP contribution in [-0.4, -0.2) is 56.8 Å². The minimum atomic E-state index is -6.23. The number of phosphoric ester groups is 4. The number of rotatable bonds is 16. The number of hydrogen-bond donors (Lipinski definition) is 1.